The third-order valence-corrected chi connectivity index (χ3v) is 3.72. The molecule has 0 radical (unpaired) electrons. The van der Waals surface area contributed by atoms with Crippen molar-refractivity contribution in [2.75, 3.05) is 11.4 Å². The number of hydrogen-bond donors (Lipinski definition) is 1. The smallest absolute Gasteiger partial charge is 0.254 e. The van der Waals surface area contributed by atoms with Gasteiger partial charge in [0.15, 0.2) is 0 Å². The maximum Gasteiger partial charge on any atom is 0.254 e. The zero-order valence-electron chi connectivity index (χ0n) is 11.1. The van der Waals surface area contributed by atoms with Gasteiger partial charge in [0.25, 0.3) is 5.91 Å². The van der Waals surface area contributed by atoms with Crippen LogP contribution >= 0.6 is 11.6 Å². The van der Waals surface area contributed by atoms with Crippen molar-refractivity contribution in [2.45, 2.75) is 6.04 Å². The molecule has 2 amide bonds. The van der Waals surface area contributed by atoms with Crippen LogP contribution in [0, 0.1) is 0 Å². The Bertz CT molecular complexity index is 688. The molecule has 5 heteroatoms. The lowest BCUT2D eigenvalue weighted by molar-refractivity contribution is -0.131. The largest absolute Gasteiger partial charge is 0.339 e. The van der Waals surface area contributed by atoms with Crippen LogP contribution in [0.2, 0.25) is 5.02 Å². The molecule has 2 aromatic carbocycles. The van der Waals surface area contributed by atoms with Gasteiger partial charge in [-0.05, 0) is 17.7 Å². The van der Waals surface area contributed by atoms with Crippen molar-refractivity contribution in [2.24, 2.45) is 0 Å². The number of amides is 2. The summed E-state index contributed by atoms with van der Waals surface area (Å²) < 4.78 is 0. The van der Waals surface area contributed by atoms with Gasteiger partial charge in [-0.15, -0.1) is 0 Å². The lowest BCUT2D eigenvalue weighted by Gasteiger charge is -2.33. The molecule has 1 N–H and O–H groups in total. The number of anilines is 1. The first-order valence-corrected chi connectivity index (χ1v) is 6.95. The molecule has 1 atom stereocenters. The molecule has 1 unspecified atom stereocenters. The van der Waals surface area contributed by atoms with E-state index in [1.54, 1.807) is 24.3 Å². The van der Waals surface area contributed by atoms with Crippen molar-refractivity contribution >= 4 is 29.1 Å². The molecule has 0 aliphatic carbocycles. The minimum atomic E-state index is -0.677. The van der Waals surface area contributed by atoms with E-state index in [0.29, 0.717) is 10.7 Å². The van der Waals surface area contributed by atoms with Crippen LogP contribution in [0.5, 0.6) is 0 Å². The number of rotatable bonds is 2. The summed E-state index contributed by atoms with van der Waals surface area (Å²) >= 11 is 6.14. The average molecular weight is 301 g/mol. The van der Waals surface area contributed by atoms with Gasteiger partial charge >= 0.3 is 0 Å². The second kappa shape index (κ2) is 5.58. The lowest BCUT2D eigenvalue weighted by Crippen LogP contribution is -2.53. The number of hydrogen-bond acceptors (Lipinski definition) is 2. The van der Waals surface area contributed by atoms with Crippen LogP contribution in [-0.2, 0) is 9.59 Å². The monoisotopic (exact) mass is 300 g/mol. The van der Waals surface area contributed by atoms with Gasteiger partial charge in [-0.3, -0.25) is 14.5 Å². The second-order valence-electron chi connectivity index (χ2n) is 4.79. The highest BCUT2D eigenvalue weighted by molar-refractivity contribution is 6.34. The average Bonchev–Trinajstić information content (AvgIpc) is 2.51. The lowest BCUT2D eigenvalue weighted by atomic mass is 10.0. The van der Waals surface area contributed by atoms with Gasteiger partial charge in [-0.2, -0.15) is 0 Å². The molecule has 3 rings (SSSR count). The van der Waals surface area contributed by atoms with Gasteiger partial charge in [-0.25, -0.2) is 0 Å². The summed E-state index contributed by atoms with van der Waals surface area (Å²) in [5.74, 6) is -0.391. The van der Waals surface area contributed by atoms with Gasteiger partial charge in [0.2, 0.25) is 5.91 Å². The summed E-state index contributed by atoms with van der Waals surface area (Å²) in [6, 6.07) is 15.5. The zero-order valence-corrected chi connectivity index (χ0v) is 11.9. The molecule has 0 aromatic heterocycles. The molecule has 1 aliphatic rings. The molecule has 4 nitrogen and oxygen atoms in total. The van der Waals surface area contributed by atoms with Crippen LogP contribution in [0.3, 0.4) is 0 Å². The van der Waals surface area contributed by atoms with Crippen molar-refractivity contribution in [1.29, 1.82) is 0 Å². The Morgan fingerprint density at radius 1 is 1.00 bits per heavy atom. The second-order valence-corrected chi connectivity index (χ2v) is 5.19. The maximum atomic E-state index is 12.7. The molecule has 106 valence electrons. The van der Waals surface area contributed by atoms with Gasteiger partial charge in [0.1, 0.15) is 12.6 Å². The van der Waals surface area contributed by atoms with E-state index in [9.17, 15) is 9.59 Å². The highest BCUT2D eigenvalue weighted by atomic mass is 35.5. The van der Waals surface area contributed by atoms with Crippen molar-refractivity contribution in [3.63, 3.8) is 0 Å². The van der Waals surface area contributed by atoms with Crippen LogP contribution in [0.25, 0.3) is 0 Å². The van der Waals surface area contributed by atoms with E-state index in [2.05, 4.69) is 5.32 Å². The van der Waals surface area contributed by atoms with Gasteiger partial charge < -0.3 is 5.32 Å². The van der Waals surface area contributed by atoms with Crippen LogP contribution in [0.1, 0.15) is 11.6 Å². The maximum absolute atomic E-state index is 12.7. The summed E-state index contributed by atoms with van der Waals surface area (Å²) in [4.78, 5) is 26.0. The normalized spacial score (nSPS) is 18.5. The summed E-state index contributed by atoms with van der Waals surface area (Å²) in [6.45, 7) is -0.0219. The summed E-state index contributed by atoms with van der Waals surface area (Å²) in [7, 11) is 0. The van der Waals surface area contributed by atoms with Crippen molar-refractivity contribution in [3.05, 3.63) is 65.2 Å². The standard InChI is InChI=1S/C16H13ClN2O2/c17-12-8-4-5-9-13(12)19-10-14(20)18-15(16(19)21)11-6-2-1-3-7-11/h1-9,15H,10H2,(H,18,20). The minimum Gasteiger partial charge on any atom is -0.339 e. The Morgan fingerprint density at radius 2 is 1.67 bits per heavy atom. The molecule has 1 heterocycles. The number of carbonyl (C=O) groups is 2. The fraction of sp³-hybridized carbons (Fsp3) is 0.125. The Morgan fingerprint density at radius 3 is 2.38 bits per heavy atom. The molecular weight excluding hydrogens is 288 g/mol. The first-order chi connectivity index (χ1) is 10.2. The van der Waals surface area contributed by atoms with E-state index in [1.165, 1.54) is 4.90 Å². The van der Waals surface area contributed by atoms with Crippen molar-refractivity contribution in [3.8, 4) is 0 Å². The number of piperazine rings is 1. The van der Waals surface area contributed by atoms with E-state index in [-0.39, 0.29) is 18.4 Å². The third-order valence-electron chi connectivity index (χ3n) is 3.40. The summed E-state index contributed by atoms with van der Waals surface area (Å²) in [5.41, 5.74) is 1.31. The van der Waals surface area contributed by atoms with Gasteiger partial charge in [0, 0.05) is 0 Å². The highest BCUT2D eigenvalue weighted by Crippen LogP contribution is 2.29. The van der Waals surface area contributed by atoms with E-state index in [4.69, 9.17) is 11.6 Å². The number of halogens is 1. The number of nitrogens with zero attached hydrogens (tertiary/aromatic N) is 1. The van der Waals surface area contributed by atoms with Crippen LogP contribution in [0.4, 0.5) is 5.69 Å². The van der Waals surface area contributed by atoms with Gasteiger partial charge in [0.05, 0.1) is 10.7 Å². The van der Waals surface area contributed by atoms with E-state index < -0.39 is 6.04 Å². The summed E-state index contributed by atoms with van der Waals surface area (Å²) in [6.07, 6.45) is 0. The Hall–Kier alpha value is -2.33. The first kappa shape index (κ1) is 13.6. The number of nitrogens with one attached hydrogen (secondary N) is 1. The SMILES string of the molecule is O=C1CN(c2ccccc2Cl)C(=O)C(c2ccccc2)N1. The fourth-order valence-corrected chi connectivity index (χ4v) is 2.63. The number of carbonyl (C=O) groups excluding carboxylic acids is 2. The van der Waals surface area contributed by atoms with E-state index in [1.807, 2.05) is 30.3 Å². The Labute approximate surface area is 127 Å². The predicted molar refractivity (Wildman–Crippen MR) is 81.1 cm³/mol. The molecule has 0 bridgehead atoms. The van der Waals surface area contributed by atoms with Crippen molar-refractivity contribution < 1.29 is 9.59 Å². The summed E-state index contributed by atoms with van der Waals surface area (Å²) in [5, 5.41) is 3.18. The molecule has 1 fully saturated rings. The van der Waals surface area contributed by atoms with E-state index >= 15 is 0 Å². The molecule has 0 spiro atoms. The minimum absolute atomic E-state index is 0.0219. The highest BCUT2D eigenvalue weighted by Gasteiger charge is 2.35. The van der Waals surface area contributed by atoms with Gasteiger partial charge in [-0.1, -0.05) is 54.1 Å². The number of benzene rings is 2. The van der Waals surface area contributed by atoms with Crippen molar-refractivity contribution in [1.82, 2.24) is 5.32 Å². The molecule has 1 saturated heterocycles. The predicted octanol–water partition coefficient (Wildman–Crippen LogP) is 2.54. The van der Waals surface area contributed by atoms with Crippen LogP contribution in [-0.4, -0.2) is 18.4 Å². The topological polar surface area (TPSA) is 49.4 Å². The van der Waals surface area contributed by atoms with Crippen LogP contribution < -0.4 is 10.2 Å². The zero-order chi connectivity index (χ0) is 14.8. The molecular formula is C16H13ClN2O2. The Kier molecular flexibility index (Phi) is 3.62. The molecule has 21 heavy (non-hydrogen) atoms. The van der Waals surface area contributed by atoms with E-state index in [0.717, 1.165) is 5.56 Å². The molecule has 0 saturated carbocycles. The third kappa shape index (κ3) is 2.62. The molecule has 1 aliphatic heterocycles. The quantitative estimate of drug-likeness (QED) is 0.926. The fourth-order valence-electron chi connectivity index (χ4n) is 2.39. The van der Waals surface area contributed by atoms with Crippen LogP contribution in [0.15, 0.2) is 54.6 Å². The molecule has 2 aromatic rings. The first-order valence-electron chi connectivity index (χ1n) is 6.57. The number of para-hydroxylation sites is 1. The Balaban J connectivity index is 1.98.